The van der Waals surface area contributed by atoms with E-state index in [-0.39, 0.29) is 0 Å². The maximum Gasteiger partial charge on any atom is 0.0279 e. The molecule has 0 amide bonds. The van der Waals surface area contributed by atoms with Gasteiger partial charge in [0.15, 0.2) is 0 Å². The van der Waals surface area contributed by atoms with E-state index >= 15 is 0 Å². The van der Waals surface area contributed by atoms with E-state index in [1.54, 1.807) is 5.56 Å². The molecule has 0 aliphatic carbocycles. The van der Waals surface area contributed by atoms with Gasteiger partial charge in [0.25, 0.3) is 0 Å². The van der Waals surface area contributed by atoms with Crippen LogP contribution in [-0.4, -0.2) is 42.2 Å². The lowest BCUT2D eigenvalue weighted by Crippen LogP contribution is -2.43. The summed E-state index contributed by atoms with van der Waals surface area (Å²) in [7, 11) is 0. The molecule has 1 aromatic heterocycles. The van der Waals surface area contributed by atoms with Crippen molar-refractivity contribution in [3.05, 3.63) is 23.0 Å². The first kappa shape index (κ1) is 14.6. The third-order valence-corrected chi connectivity index (χ3v) is 4.24. The summed E-state index contributed by atoms with van der Waals surface area (Å²) in [5, 5.41) is 3.41. The Morgan fingerprint density at radius 2 is 1.89 bits per heavy atom. The SMILES string of the molecule is Cc1cc(CCCN2CCNCC2)c(C)n1C(C)C. The van der Waals surface area contributed by atoms with E-state index in [9.17, 15) is 0 Å². The van der Waals surface area contributed by atoms with Gasteiger partial charge in [0.1, 0.15) is 0 Å². The lowest BCUT2D eigenvalue weighted by atomic mass is 10.1. The Labute approximate surface area is 118 Å². The highest BCUT2D eigenvalue weighted by atomic mass is 15.2. The number of rotatable bonds is 5. The van der Waals surface area contributed by atoms with Gasteiger partial charge in [0, 0.05) is 43.6 Å². The summed E-state index contributed by atoms with van der Waals surface area (Å²) in [6.07, 6.45) is 2.50. The lowest BCUT2D eigenvalue weighted by molar-refractivity contribution is 0.238. The van der Waals surface area contributed by atoms with Crippen LogP contribution in [0.5, 0.6) is 0 Å². The smallest absolute Gasteiger partial charge is 0.0279 e. The summed E-state index contributed by atoms with van der Waals surface area (Å²) in [5.41, 5.74) is 4.42. The average molecular weight is 263 g/mol. The molecule has 1 aliphatic rings. The highest BCUT2D eigenvalue weighted by Crippen LogP contribution is 2.21. The Hall–Kier alpha value is -0.800. The molecule has 1 saturated heterocycles. The Balaban J connectivity index is 1.87. The van der Waals surface area contributed by atoms with Gasteiger partial charge in [-0.25, -0.2) is 0 Å². The van der Waals surface area contributed by atoms with E-state index in [4.69, 9.17) is 0 Å². The van der Waals surface area contributed by atoms with Gasteiger partial charge < -0.3 is 14.8 Å². The molecular formula is C16H29N3. The molecule has 0 radical (unpaired) electrons. The Morgan fingerprint density at radius 3 is 2.47 bits per heavy atom. The molecule has 0 atom stereocenters. The third-order valence-electron chi connectivity index (χ3n) is 4.24. The molecule has 3 nitrogen and oxygen atoms in total. The fourth-order valence-electron chi connectivity index (χ4n) is 3.32. The van der Waals surface area contributed by atoms with E-state index in [0.717, 1.165) is 13.1 Å². The van der Waals surface area contributed by atoms with E-state index in [1.165, 1.54) is 43.9 Å². The molecule has 0 saturated carbocycles. The normalized spacial score (nSPS) is 17.3. The van der Waals surface area contributed by atoms with Crippen LogP contribution in [0.25, 0.3) is 0 Å². The summed E-state index contributed by atoms with van der Waals surface area (Å²) < 4.78 is 2.46. The topological polar surface area (TPSA) is 20.2 Å². The molecule has 1 aromatic rings. The van der Waals surface area contributed by atoms with Gasteiger partial charge in [-0.15, -0.1) is 0 Å². The van der Waals surface area contributed by atoms with E-state index in [2.05, 4.69) is 48.5 Å². The Morgan fingerprint density at radius 1 is 1.21 bits per heavy atom. The number of hydrogen-bond donors (Lipinski definition) is 1. The van der Waals surface area contributed by atoms with Crippen LogP contribution in [0.15, 0.2) is 6.07 Å². The minimum atomic E-state index is 0.571. The number of piperazine rings is 1. The van der Waals surface area contributed by atoms with Crippen LogP contribution in [0.2, 0.25) is 0 Å². The summed E-state index contributed by atoms with van der Waals surface area (Å²) in [6, 6.07) is 2.95. The number of nitrogens with one attached hydrogen (secondary N) is 1. The highest BCUT2D eigenvalue weighted by molar-refractivity contribution is 5.27. The van der Waals surface area contributed by atoms with Gasteiger partial charge in [-0.3, -0.25) is 0 Å². The summed E-state index contributed by atoms with van der Waals surface area (Å²) >= 11 is 0. The largest absolute Gasteiger partial charge is 0.346 e. The van der Waals surface area contributed by atoms with E-state index in [1.807, 2.05) is 0 Å². The first-order valence-electron chi connectivity index (χ1n) is 7.70. The zero-order chi connectivity index (χ0) is 13.8. The van der Waals surface area contributed by atoms with Crippen molar-refractivity contribution in [2.24, 2.45) is 0 Å². The molecule has 1 aliphatic heterocycles. The third kappa shape index (κ3) is 3.61. The molecule has 19 heavy (non-hydrogen) atoms. The minimum Gasteiger partial charge on any atom is -0.346 e. The van der Waals surface area contributed by atoms with Gasteiger partial charge in [-0.1, -0.05) is 0 Å². The van der Waals surface area contributed by atoms with Crippen LogP contribution in [-0.2, 0) is 6.42 Å². The van der Waals surface area contributed by atoms with Crippen LogP contribution in [0.1, 0.15) is 43.3 Å². The number of nitrogens with zero attached hydrogens (tertiary/aromatic N) is 2. The monoisotopic (exact) mass is 263 g/mol. The van der Waals surface area contributed by atoms with Crippen molar-refractivity contribution in [2.75, 3.05) is 32.7 Å². The van der Waals surface area contributed by atoms with E-state index in [0.29, 0.717) is 6.04 Å². The molecule has 0 aromatic carbocycles. The molecule has 2 heterocycles. The molecule has 1 N–H and O–H groups in total. The van der Waals surface area contributed by atoms with Crippen molar-refractivity contribution in [3.8, 4) is 0 Å². The fourth-order valence-corrected chi connectivity index (χ4v) is 3.32. The van der Waals surface area contributed by atoms with E-state index < -0.39 is 0 Å². The highest BCUT2D eigenvalue weighted by Gasteiger charge is 2.12. The molecule has 108 valence electrons. The number of aryl methyl sites for hydroxylation is 2. The minimum absolute atomic E-state index is 0.571. The molecular weight excluding hydrogens is 234 g/mol. The maximum atomic E-state index is 3.41. The van der Waals surface area contributed by atoms with Gasteiger partial charge in [0.05, 0.1) is 0 Å². The predicted molar refractivity (Wildman–Crippen MR) is 81.9 cm³/mol. The zero-order valence-electron chi connectivity index (χ0n) is 13.0. The number of aromatic nitrogens is 1. The van der Waals surface area contributed by atoms with Crippen molar-refractivity contribution in [1.82, 2.24) is 14.8 Å². The number of hydrogen-bond acceptors (Lipinski definition) is 2. The Bertz CT molecular complexity index is 400. The first-order chi connectivity index (χ1) is 9.09. The van der Waals surface area contributed by atoms with Gasteiger partial charge in [-0.05, 0) is 58.7 Å². The zero-order valence-corrected chi connectivity index (χ0v) is 13.0. The van der Waals surface area contributed by atoms with Gasteiger partial charge in [-0.2, -0.15) is 0 Å². The van der Waals surface area contributed by atoms with Crippen LogP contribution >= 0.6 is 0 Å². The second-order valence-corrected chi connectivity index (χ2v) is 6.06. The van der Waals surface area contributed by atoms with Crippen LogP contribution in [0.3, 0.4) is 0 Å². The van der Waals surface area contributed by atoms with Crippen molar-refractivity contribution in [1.29, 1.82) is 0 Å². The van der Waals surface area contributed by atoms with Crippen molar-refractivity contribution in [2.45, 2.75) is 46.6 Å². The quantitative estimate of drug-likeness (QED) is 0.881. The van der Waals surface area contributed by atoms with Crippen molar-refractivity contribution in [3.63, 3.8) is 0 Å². The van der Waals surface area contributed by atoms with Crippen LogP contribution in [0, 0.1) is 13.8 Å². The molecule has 0 spiro atoms. The summed E-state index contributed by atoms with van der Waals surface area (Å²) in [6.45, 7) is 15.0. The van der Waals surface area contributed by atoms with Crippen molar-refractivity contribution >= 4 is 0 Å². The van der Waals surface area contributed by atoms with Crippen LogP contribution < -0.4 is 5.32 Å². The van der Waals surface area contributed by atoms with Gasteiger partial charge >= 0.3 is 0 Å². The first-order valence-corrected chi connectivity index (χ1v) is 7.70. The molecule has 2 rings (SSSR count). The standard InChI is InChI=1S/C16H29N3/c1-13(2)19-14(3)12-16(15(19)4)6-5-9-18-10-7-17-8-11-18/h12-13,17H,5-11H2,1-4H3. The summed E-state index contributed by atoms with van der Waals surface area (Å²) in [5.74, 6) is 0. The maximum absolute atomic E-state index is 3.41. The van der Waals surface area contributed by atoms with Crippen LogP contribution in [0.4, 0.5) is 0 Å². The second kappa shape index (κ2) is 6.58. The average Bonchev–Trinajstić information content (AvgIpc) is 2.66. The van der Waals surface area contributed by atoms with Gasteiger partial charge in [0.2, 0.25) is 0 Å². The summed E-state index contributed by atoms with van der Waals surface area (Å²) in [4.78, 5) is 2.58. The van der Waals surface area contributed by atoms with Crippen molar-refractivity contribution < 1.29 is 0 Å². The second-order valence-electron chi connectivity index (χ2n) is 6.06. The molecule has 0 bridgehead atoms. The fraction of sp³-hybridized carbons (Fsp3) is 0.750. The molecule has 0 unspecified atom stereocenters. The lowest BCUT2D eigenvalue weighted by Gasteiger charge is -2.27. The molecule has 3 heteroatoms. The molecule has 1 fully saturated rings. The predicted octanol–water partition coefficient (Wildman–Crippen LogP) is 2.52. The Kier molecular flexibility index (Phi) is 5.06.